The third-order valence-corrected chi connectivity index (χ3v) is 7.58. The van der Waals surface area contributed by atoms with E-state index < -0.39 is 0 Å². The molecule has 0 saturated carbocycles. The molecule has 8 heteroatoms. The number of carbonyl (C=O) groups is 4. The second kappa shape index (κ2) is 9.93. The van der Waals surface area contributed by atoms with Crippen molar-refractivity contribution in [1.29, 1.82) is 0 Å². The van der Waals surface area contributed by atoms with Gasteiger partial charge in [-0.1, -0.05) is 36.4 Å². The summed E-state index contributed by atoms with van der Waals surface area (Å²) in [5, 5.41) is 0. The SMILES string of the molecule is COC1=CC(=O)N2c3c(C)cccc3C[C@@H]2CC1=O.COC1=CC(=O)N2c3c(C)cccc3C[C@@H]2CC1=O. The lowest BCUT2D eigenvalue weighted by atomic mass is 10.0. The fourth-order valence-electron chi connectivity index (χ4n) is 5.92. The molecule has 38 heavy (non-hydrogen) atoms. The number of ketones is 2. The van der Waals surface area contributed by atoms with Crippen LogP contribution in [-0.2, 0) is 41.5 Å². The van der Waals surface area contributed by atoms with Crippen LogP contribution in [0.4, 0.5) is 11.4 Å². The maximum absolute atomic E-state index is 12.3. The number of anilines is 2. The number of allylic oxidation sites excluding steroid dienone is 2. The first-order valence-corrected chi connectivity index (χ1v) is 12.6. The summed E-state index contributed by atoms with van der Waals surface area (Å²) in [6, 6.07) is 11.8. The van der Waals surface area contributed by atoms with Gasteiger partial charge in [-0.15, -0.1) is 0 Å². The molecule has 2 amide bonds. The number of hydrogen-bond donors (Lipinski definition) is 0. The molecule has 0 radical (unpaired) electrons. The Morgan fingerprint density at radius 1 is 0.632 bits per heavy atom. The summed E-state index contributed by atoms with van der Waals surface area (Å²) in [7, 11) is 2.85. The van der Waals surface area contributed by atoms with Gasteiger partial charge in [0.15, 0.2) is 23.1 Å². The standard InChI is InChI=1S/2C15H15NO3/c2*1-9-4-3-5-10-6-11-7-12(17)13(19-2)8-14(18)16(11)15(9)10/h2*3-5,8,11H,6-7H2,1-2H3/t2*11-/m11/s1. The number of fused-ring (bicyclic) bond motifs is 6. The highest BCUT2D eigenvalue weighted by molar-refractivity contribution is 6.12. The number of benzene rings is 2. The lowest BCUT2D eigenvalue weighted by Gasteiger charge is -2.23. The van der Waals surface area contributed by atoms with E-state index >= 15 is 0 Å². The average molecular weight is 515 g/mol. The number of aryl methyl sites for hydroxylation is 2. The summed E-state index contributed by atoms with van der Waals surface area (Å²) in [5.41, 5.74) is 6.32. The summed E-state index contributed by atoms with van der Waals surface area (Å²) in [6.45, 7) is 3.98. The second-order valence-corrected chi connectivity index (χ2v) is 9.98. The number of hydrogen-bond acceptors (Lipinski definition) is 6. The van der Waals surface area contributed by atoms with Crippen LogP contribution in [0.25, 0.3) is 0 Å². The van der Waals surface area contributed by atoms with E-state index in [1.54, 1.807) is 9.80 Å². The van der Waals surface area contributed by atoms with Crippen molar-refractivity contribution < 1.29 is 28.7 Å². The number of Topliss-reactive ketones (excluding diaryl/α,β-unsaturated/α-hetero) is 2. The molecule has 2 atom stereocenters. The lowest BCUT2D eigenvalue weighted by Crippen LogP contribution is -2.36. The van der Waals surface area contributed by atoms with E-state index in [1.807, 2.05) is 50.2 Å². The maximum atomic E-state index is 12.3. The molecule has 0 N–H and O–H groups in total. The van der Waals surface area contributed by atoms with Crippen molar-refractivity contribution in [2.45, 2.75) is 51.6 Å². The smallest absolute Gasteiger partial charge is 0.255 e. The summed E-state index contributed by atoms with van der Waals surface area (Å²) in [4.78, 5) is 52.2. The van der Waals surface area contributed by atoms with Crippen molar-refractivity contribution in [2.75, 3.05) is 24.0 Å². The molecule has 4 aliphatic rings. The Labute approximate surface area is 221 Å². The largest absolute Gasteiger partial charge is 0.493 e. The van der Waals surface area contributed by atoms with E-state index in [0.29, 0.717) is 12.8 Å². The van der Waals surface area contributed by atoms with Crippen LogP contribution in [-0.4, -0.2) is 49.7 Å². The fraction of sp³-hybridized carbons (Fsp3) is 0.333. The van der Waals surface area contributed by atoms with Crippen LogP contribution in [0.1, 0.15) is 35.1 Å². The van der Waals surface area contributed by atoms with Crippen LogP contribution in [0.2, 0.25) is 0 Å². The minimum absolute atomic E-state index is 0.0833. The van der Waals surface area contributed by atoms with Gasteiger partial charge in [-0.25, -0.2) is 0 Å². The van der Waals surface area contributed by atoms with Gasteiger partial charge in [-0.05, 0) is 48.9 Å². The van der Waals surface area contributed by atoms with Crippen molar-refractivity contribution >= 4 is 34.8 Å². The molecule has 0 aliphatic carbocycles. The maximum Gasteiger partial charge on any atom is 0.255 e. The topological polar surface area (TPSA) is 93.2 Å². The first kappa shape index (κ1) is 25.4. The molecule has 196 valence electrons. The fourth-order valence-corrected chi connectivity index (χ4v) is 5.92. The molecule has 0 saturated heterocycles. The zero-order valence-corrected chi connectivity index (χ0v) is 21.9. The highest BCUT2D eigenvalue weighted by Crippen LogP contribution is 2.39. The summed E-state index contributed by atoms with van der Waals surface area (Å²) >= 11 is 0. The molecule has 0 spiro atoms. The highest BCUT2D eigenvalue weighted by Gasteiger charge is 2.39. The Hall–Kier alpha value is -4.20. The van der Waals surface area contributed by atoms with Crippen LogP contribution in [0.5, 0.6) is 0 Å². The lowest BCUT2D eigenvalue weighted by molar-refractivity contribution is -0.119. The zero-order valence-electron chi connectivity index (χ0n) is 21.9. The van der Waals surface area contributed by atoms with Crippen LogP contribution >= 0.6 is 0 Å². The van der Waals surface area contributed by atoms with Gasteiger partial charge in [-0.3, -0.25) is 19.2 Å². The van der Waals surface area contributed by atoms with Gasteiger partial charge >= 0.3 is 0 Å². The molecule has 0 fully saturated rings. The second-order valence-electron chi connectivity index (χ2n) is 9.98. The molecule has 6 rings (SSSR count). The van der Waals surface area contributed by atoms with E-state index in [4.69, 9.17) is 9.47 Å². The van der Waals surface area contributed by atoms with Crippen molar-refractivity contribution in [3.63, 3.8) is 0 Å². The van der Waals surface area contributed by atoms with Crippen LogP contribution < -0.4 is 9.80 Å². The Morgan fingerprint density at radius 2 is 1.03 bits per heavy atom. The van der Waals surface area contributed by atoms with Gasteiger partial charge in [0, 0.05) is 37.1 Å². The number of ether oxygens (including phenoxy) is 2. The van der Waals surface area contributed by atoms with Crippen LogP contribution in [0.3, 0.4) is 0 Å². The van der Waals surface area contributed by atoms with Crippen molar-refractivity contribution in [1.82, 2.24) is 0 Å². The molecule has 8 nitrogen and oxygen atoms in total. The molecule has 4 heterocycles. The van der Waals surface area contributed by atoms with Gasteiger partial charge < -0.3 is 19.3 Å². The number of amides is 2. The molecular formula is C30H30N2O6. The molecule has 2 aromatic rings. The predicted molar refractivity (Wildman–Crippen MR) is 142 cm³/mol. The first-order valence-electron chi connectivity index (χ1n) is 12.6. The van der Waals surface area contributed by atoms with Crippen molar-refractivity contribution in [3.8, 4) is 0 Å². The average Bonchev–Trinajstić information content (AvgIpc) is 3.38. The third kappa shape index (κ3) is 4.30. The monoisotopic (exact) mass is 514 g/mol. The van der Waals surface area contributed by atoms with E-state index in [-0.39, 0.29) is 47.0 Å². The van der Waals surface area contributed by atoms with E-state index in [0.717, 1.165) is 46.5 Å². The number of para-hydroxylation sites is 2. The Morgan fingerprint density at radius 3 is 1.39 bits per heavy atom. The summed E-state index contributed by atoms with van der Waals surface area (Å²) in [6.07, 6.45) is 4.73. The predicted octanol–water partition coefficient (Wildman–Crippen LogP) is 3.51. The number of nitrogens with zero attached hydrogens (tertiary/aromatic N) is 2. The van der Waals surface area contributed by atoms with E-state index in [2.05, 4.69) is 0 Å². The molecule has 0 bridgehead atoms. The van der Waals surface area contributed by atoms with Gasteiger partial charge in [0.2, 0.25) is 0 Å². The molecule has 4 aliphatic heterocycles. The van der Waals surface area contributed by atoms with Gasteiger partial charge in [0.25, 0.3) is 11.8 Å². The first-order chi connectivity index (χ1) is 18.2. The third-order valence-electron chi connectivity index (χ3n) is 7.58. The summed E-state index contributed by atoms with van der Waals surface area (Å²) in [5.74, 6) is -0.215. The normalized spacial score (nSPS) is 21.7. The van der Waals surface area contributed by atoms with Crippen molar-refractivity contribution in [3.05, 3.63) is 82.3 Å². The highest BCUT2D eigenvalue weighted by atomic mass is 16.5. The van der Waals surface area contributed by atoms with Crippen LogP contribution in [0, 0.1) is 13.8 Å². The number of methoxy groups -OCH3 is 2. The van der Waals surface area contributed by atoms with E-state index in [1.165, 1.54) is 26.4 Å². The minimum atomic E-state index is -0.166. The molecule has 0 unspecified atom stereocenters. The van der Waals surface area contributed by atoms with Gasteiger partial charge in [-0.2, -0.15) is 0 Å². The Bertz CT molecular complexity index is 1310. The quantitative estimate of drug-likeness (QED) is 0.609. The summed E-state index contributed by atoms with van der Waals surface area (Å²) < 4.78 is 10.0. The molecule has 2 aromatic carbocycles. The van der Waals surface area contributed by atoms with Crippen molar-refractivity contribution in [2.24, 2.45) is 0 Å². The van der Waals surface area contributed by atoms with Gasteiger partial charge in [0.05, 0.1) is 25.6 Å². The minimum Gasteiger partial charge on any atom is -0.493 e. The van der Waals surface area contributed by atoms with Crippen LogP contribution in [0.15, 0.2) is 60.1 Å². The number of rotatable bonds is 2. The Balaban J connectivity index is 0.000000155. The molecular weight excluding hydrogens is 484 g/mol. The number of carbonyl (C=O) groups excluding carboxylic acids is 4. The van der Waals surface area contributed by atoms with E-state index in [9.17, 15) is 19.2 Å². The zero-order chi connectivity index (χ0) is 27.1. The Kier molecular flexibility index (Phi) is 6.65. The van der Waals surface area contributed by atoms with Gasteiger partial charge in [0.1, 0.15) is 0 Å². The molecule has 0 aromatic heterocycles.